The van der Waals surface area contributed by atoms with Gasteiger partial charge in [0, 0.05) is 16.7 Å². The second-order valence-corrected chi connectivity index (χ2v) is 4.87. The van der Waals surface area contributed by atoms with E-state index in [-0.39, 0.29) is 5.82 Å². The predicted molar refractivity (Wildman–Crippen MR) is 72.9 cm³/mol. The van der Waals surface area contributed by atoms with Crippen LogP contribution in [0, 0.1) is 5.82 Å². The van der Waals surface area contributed by atoms with Gasteiger partial charge in [-0.05, 0) is 57.9 Å². The van der Waals surface area contributed by atoms with E-state index in [9.17, 15) is 4.39 Å². The number of hydrogen-bond donors (Lipinski definition) is 1. The number of rotatable bonds is 3. The highest BCUT2D eigenvalue weighted by molar-refractivity contribution is 9.10. The lowest BCUT2D eigenvalue weighted by atomic mass is 10.2. The zero-order valence-electron chi connectivity index (χ0n) is 8.88. The van der Waals surface area contributed by atoms with Crippen molar-refractivity contribution in [3.63, 3.8) is 0 Å². The van der Waals surface area contributed by atoms with Crippen LogP contribution in [-0.4, -0.2) is 0 Å². The summed E-state index contributed by atoms with van der Waals surface area (Å²) in [5.41, 5.74) is 1.95. The molecule has 1 nitrogen and oxygen atoms in total. The smallest absolute Gasteiger partial charge is 0.123 e. The minimum atomic E-state index is -0.234. The largest absolute Gasteiger partial charge is 0.381 e. The Balaban J connectivity index is 2.02. The normalized spacial score (nSPS) is 10.3. The Morgan fingerprint density at radius 1 is 1.12 bits per heavy atom. The molecule has 1 N–H and O–H groups in total. The number of nitrogens with one attached hydrogen (secondary N) is 1. The van der Waals surface area contributed by atoms with Crippen LogP contribution in [0.25, 0.3) is 0 Å². The van der Waals surface area contributed by atoms with E-state index in [0.717, 1.165) is 15.7 Å². The highest BCUT2D eigenvalue weighted by atomic mass is 79.9. The average molecular weight is 315 g/mol. The van der Waals surface area contributed by atoms with Crippen LogP contribution >= 0.6 is 27.5 Å². The summed E-state index contributed by atoms with van der Waals surface area (Å²) in [7, 11) is 0. The monoisotopic (exact) mass is 313 g/mol. The third-order valence-corrected chi connectivity index (χ3v) is 3.56. The third-order valence-electron chi connectivity index (χ3n) is 2.32. The van der Waals surface area contributed by atoms with E-state index in [0.29, 0.717) is 11.6 Å². The van der Waals surface area contributed by atoms with Crippen molar-refractivity contribution >= 4 is 33.2 Å². The predicted octanol–water partition coefficient (Wildman–Crippen LogP) is 4.85. The first kappa shape index (κ1) is 12.4. The van der Waals surface area contributed by atoms with Gasteiger partial charge in [-0.3, -0.25) is 0 Å². The van der Waals surface area contributed by atoms with Crippen molar-refractivity contribution in [3.8, 4) is 0 Å². The zero-order valence-corrected chi connectivity index (χ0v) is 11.2. The molecule has 17 heavy (non-hydrogen) atoms. The van der Waals surface area contributed by atoms with Crippen LogP contribution < -0.4 is 5.32 Å². The summed E-state index contributed by atoms with van der Waals surface area (Å²) in [5, 5.41) is 3.88. The van der Waals surface area contributed by atoms with Gasteiger partial charge in [0.25, 0.3) is 0 Å². The van der Waals surface area contributed by atoms with E-state index >= 15 is 0 Å². The van der Waals surface area contributed by atoms with Gasteiger partial charge in [-0.15, -0.1) is 0 Å². The van der Waals surface area contributed by atoms with Gasteiger partial charge in [0.2, 0.25) is 0 Å². The second-order valence-electron chi connectivity index (χ2n) is 3.61. The lowest BCUT2D eigenvalue weighted by Gasteiger charge is -2.07. The van der Waals surface area contributed by atoms with Crippen LogP contribution in [-0.2, 0) is 6.54 Å². The van der Waals surface area contributed by atoms with Crippen molar-refractivity contribution in [2.45, 2.75) is 6.54 Å². The molecule has 0 aliphatic rings. The first-order chi connectivity index (χ1) is 8.15. The molecule has 0 saturated carbocycles. The molecule has 0 aliphatic heterocycles. The van der Waals surface area contributed by atoms with Gasteiger partial charge in [0.1, 0.15) is 5.82 Å². The van der Waals surface area contributed by atoms with Crippen molar-refractivity contribution in [2.75, 3.05) is 5.32 Å². The fourth-order valence-corrected chi connectivity index (χ4v) is 1.87. The molecule has 0 saturated heterocycles. The molecular formula is C13H10BrClFN. The number of benzene rings is 2. The Morgan fingerprint density at radius 3 is 2.47 bits per heavy atom. The second kappa shape index (κ2) is 5.52. The quantitative estimate of drug-likeness (QED) is 0.853. The molecule has 0 radical (unpaired) electrons. The molecule has 0 amide bonds. The molecule has 0 fully saturated rings. The summed E-state index contributed by atoms with van der Waals surface area (Å²) in [5.74, 6) is -0.234. The molecule has 0 aliphatic carbocycles. The van der Waals surface area contributed by atoms with Crippen molar-refractivity contribution in [2.24, 2.45) is 0 Å². The van der Waals surface area contributed by atoms with Crippen LogP contribution in [0.4, 0.5) is 10.1 Å². The topological polar surface area (TPSA) is 12.0 Å². The van der Waals surface area contributed by atoms with E-state index in [4.69, 9.17) is 11.6 Å². The van der Waals surface area contributed by atoms with Crippen molar-refractivity contribution in [1.82, 2.24) is 0 Å². The third kappa shape index (κ3) is 3.45. The first-order valence-electron chi connectivity index (χ1n) is 5.08. The molecule has 0 spiro atoms. The maximum Gasteiger partial charge on any atom is 0.123 e. The maximum absolute atomic E-state index is 12.7. The minimum absolute atomic E-state index is 0.234. The van der Waals surface area contributed by atoms with Gasteiger partial charge in [0.15, 0.2) is 0 Å². The van der Waals surface area contributed by atoms with E-state index in [1.807, 2.05) is 18.2 Å². The van der Waals surface area contributed by atoms with Crippen LogP contribution in [0.2, 0.25) is 5.02 Å². The van der Waals surface area contributed by atoms with E-state index < -0.39 is 0 Å². The Morgan fingerprint density at radius 2 is 1.82 bits per heavy atom. The van der Waals surface area contributed by atoms with Crippen LogP contribution in [0.5, 0.6) is 0 Å². The Bertz CT molecular complexity index is 513. The molecule has 2 aromatic carbocycles. The Kier molecular flexibility index (Phi) is 4.02. The van der Waals surface area contributed by atoms with E-state index in [1.54, 1.807) is 12.1 Å². The highest BCUT2D eigenvalue weighted by Crippen LogP contribution is 2.23. The summed E-state index contributed by atoms with van der Waals surface area (Å²) in [6.07, 6.45) is 0. The van der Waals surface area contributed by atoms with Gasteiger partial charge in [-0.1, -0.05) is 17.7 Å². The summed E-state index contributed by atoms with van der Waals surface area (Å²) in [4.78, 5) is 0. The van der Waals surface area contributed by atoms with Gasteiger partial charge in [-0.25, -0.2) is 4.39 Å². The van der Waals surface area contributed by atoms with Crippen LogP contribution in [0.1, 0.15) is 5.56 Å². The van der Waals surface area contributed by atoms with Gasteiger partial charge in [-0.2, -0.15) is 0 Å². The Labute approximate surface area is 113 Å². The van der Waals surface area contributed by atoms with Gasteiger partial charge >= 0.3 is 0 Å². The van der Waals surface area contributed by atoms with Crippen molar-refractivity contribution in [3.05, 3.63) is 63.3 Å². The number of anilines is 1. The molecule has 0 aromatic heterocycles. The highest BCUT2D eigenvalue weighted by Gasteiger charge is 1.99. The molecule has 88 valence electrons. The number of halogens is 3. The zero-order chi connectivity index (χ0) is 12.3. The summed E-state index contributed by atoms with van der Waals surface area (Å²) < 4.78 is 13.6. The van der Waals surface area contributed by atoms with Crippen LogP contribution in [0.15, 0.2) is 46.9 Å². The number of hydrogen-bond acceptors (Lipinski definition) is 1. The fraction of sp³-hybridized carbons (Fsp3) is 0.0769. The molecule has 4 heteroatoms. The molecular weight excluding hydrogens is 305 g/mol. The van der Waals surface area contributed by atoms with Gasteiger partial charge in [0.05, 0.1) is 5.02 Å². The lowest BCUT2D eigenvalue weighted by molar-refractivity contribution is 0.628. The lowest BCUT2D eigenvalue weighted by Crippen LogP contribution is -1.99. The molecule has 0 heterocycles. The standard InChI is InChI=1S/C13H10BrClFN/c14-12-6-1-9(7-13(12)15)8-17-11-4-2-10(16)3-5-11/h1-7,17H,8H2. The van der Waals surface area contributed by atoms with E-state index in [2.05, 4.69) is 21.2 Å². The summed E-state index contributed by atoms with van der Waals surface area (Å²) >= 11 is 9.33. The first-order valence-corrected chi connectivity index (χ1v) is 6.25. The van der Waals surface area contributed by atoms with Crippen molar-refractivity contribution < 1.29 is 4.39 Å². The Hall–Kier alpha value is -1.06. The molecule has 2 aromatic rings. The minimum Gasteiger partial charge on any atom is -0.381 e. The van der Waals surface area contributed by atoms with Gasteiger partial charge < -0.3 is 5.32 Å². The molecule has 0 bridgehead atoms. The SMILES string of the molecule is Fc1ccc(NCc2ccc(Br)c(Cl)c2)cc1. The van der Waals surface area contributed by atoms with Crippen molar-refractivity contribution in [1.29, 1.82) is 0 Å². The fourth-order valence-electron chi connectivity index (χ4n) is 1.42. The molecule has 2 rings (SSSR count). The van der Waals surface area contributed by atoms with Crippen LogP contribution in [0.3, 0.4) is 0 Å². The molecule has 0 atom stereocenters. The summed E-state index contributed by atoms with van der Waals surface area (Å²) in [6.45, 7) is 0.651. The average Bonchev–Trinajstić information content (AvgIpc) is 2.33. The summed E-state index contributed by atoms with van der Waals surface area (Å²) in [6, 6.07) is 12.0. The van der Waals surface area contributed by atoms with E-state index in [1.165, 1.54) is 12.1 Å². The molecule has 0 unspecified atom stereocenters. The maximum atomic E-state index is 12.7.